The minimum atomic E-state index is -0.559. The van der Waals surface area contributed by atoms with Crippen molar-refractivity contribution in [3.8, 4) is 0 Å². The number of aliphatic hydroxyl groups is 2. The van der Waals surface area contributed by atoms with Gasteiger partial charge in [-0.3, -0.25) is 4.90 Å². The molecule has 6 aliphatic rings. The topological polar surface area (TPSA) is 103 Å². The molecule has 2 amide bonds. The summed E-state index contributed by atoms with van der Waals surface area (Å²) in [6.07, 6.45) is 7.12. The third kappa shape index (κ3) is 5.84. The van der Waals surface area contributed by atoms with E-state index in [1.54, 1.807) is 0 Å². The van der Waals surface area contributed by atoms with E-state index in [2.05, 4.69) is 22.5 Å². The van der Waals surface area contributed by atoms with Gasteiger partial charge in [-0.2, -0.15) is 0 Å². The van der Waals surface area contributed by atoms with Gasteiger partial charge in [0.15, 0.2) is 6.29 Å². The van der Waals surface area contributed by atoms with Crippen molar-refractivity contribution in [3.63, 3.8) is 0 Å². The van der Waals surface area contributed by atoms with Crippen LogP contribution >= 0.6 is 0 Å². The maximum Gasteiger partial charge on any atom is 0.319 e. The van der Waals surface area contributed by atoms with Crippen LogP contribution in [0.5, 0.6) is 0 Å². The van der Waals surface area contributed by atoms with Crippen LogP contribution in [0.1, 0.15) is 81.0 Å². The number of rotatable bonds is 7. The average molecular weight is 576 g/mol. The Bertz CT molecular complexity index is 1220. The van der Waals surface area contributed by atoms with E-state index in [1.165, 1.54) is 19.3 Å². The van der Waals surface area contributed by atoms with E-state index in [9.17, 15) is 15.0 Å². The standard InChI is InChI=1S/C34H45N3O5/c1-21-30(19-37-11-10-29(39)18-37)41-32(42-31(21)26-4-2-22(20-38)3-5-26)27-6-8-28(9-7-27)35-33(40)36-34-15-23-12-24(16-34)14-25(13-23)17-34/h2-9,21,23-25,29-32,38-39H,10-20H2,1H3,(H2,35,36,40). The van der Waals surface area contributed by atoms with Gasteiger partial charge in [0.25, 0.3) is 0 Å². The maximum atomic E-state index is 13.1. The summed E-state index contributed by atoms with van der Waals surface area (Å²) in [5.41, 5.74) is 3.55. The second-order valence-electron chi connectivity index (χ2n) is 13.9. The number of hydrogen-bond acceptors (Lipinski definition) is 6. The Kier molecular flexibility index (Phi) is 7.78. The van der Waals surface area contributed by atoms with Crippen LogP contribution in [-0.2, 0) is 16.1 Å². The molecule has 4 bridgehead atoms. The van der Waals surface area contributed by atoms with Gasteiger partial charge < -0.3 is 30.3 Å². The van der Waals surface area contributed by atoms with Crippen molar-refractivity contribution in [2.24, 2.45) is 23.7 Å². The van der Waals surface area contributed by atoms with Gasteiger partial charge in [0, 0.05) is 42.3 Å². The number of benzene rings is 2. The van der Waals surface area contributed by atoms with Gasteiger partial charge in [0.1, 0.15) is 0 Å². The lowest BCUT2D eigenvalue weighted by molar-refractivity contribution is -0.276. The van der Waals surface area contributed by atoms with E-state index < -0.39 is 6.29 Å². The summed E-state index contributed by atoms with van der Waals surface area (Å²) in [6, 6.07) is 15.6. The van der Waals surface area contributed by atoms with E-state index in [0.717, 1.165) is 78.9 Å². The number of carbonyl (C=O) groups is 1. The predicted molar refractivity (Wildman–Crippen MR) is 160 cm³/mol. The molecule has 4 saturated carbocycles. The predicted octanol–water partition coefficient (Wildman–Crippen LogP) is 5.13. The fourth-order valence-corrected chi connectivity index (χ4v) is 8.95. The Balaban J connectivity index is 1.04. The molecule has 2 heterocycles. The summed E-state index contributed by atoms with van der Waals surface area (Å²) in [6.45, 7) is 4.43. The molecule has 2 aliphatic heterocycles. The largest absolute Gasteiger partial charge is 0.392 e. The monoisotopic (exact) mass is 575 g/mol. The highest BCUT2D eigenvalue weighted by molar-refractivity contribution is 5.89. The van der Waals surface area contributed by atoms with Crippen molar-refractivity contribution in [1.82, 2.24) is 10.2 Å². The number of hydrogen-bond donors (Lipinski definition) is 4. The second-order valence-corrected chi connectivity index (χ2v) is 13.9. The number of nitrogens with one attached hydrogen (secondary N) is 2. The zero-order valence-electron chi connectivity index (χ0n) is 24.6. The molecule has 2 saturated heterocycles. The number of amides is 2. The quantitative estimate of drug-likeness (QED) is 0.365. The van der Waals surface area contributed by atoms with Crippen LogP contribution in [-0.4, -0.2) is 58.5 Å². The first-order valence-corrected chi connectivity index (χ1v) is 15.9. The van der Waals surface area contributed by atoms with Crippen molar-refractivity contribution in [2.75, 3.05) is 25.0 Å². The summed E-state index contributed by atoms with van der Waals surface area (Å²) in [5.74, 6) is 2.44. The van der Waals surface area contributed by atoms with Gasteiger partial charge in [-0.15, -0.1) is 0 Å². The van der Waals surface area contributed by atoms with Gasteiger partial charge in [0.05, 0.1) is 24.9 Å². The van der Waals surface area contributed by atoms with Crippen molar-refractivity contribution >= 4 is 11.7 Å². The average Bonchev–Trinajstić information content (AvgIpc) is 3.38. The van der Waals surface area contributed by atoms with Crippen LogP contribution in [0.4, 0.5) is 10.5 Å². The SMILES string of the molecule is CC1C(CN2CCC(O)C2)OC(c2ccc(NC(=O)NC34CC5CC(CC(C5)C3)C4)cc2)OC1c1ccc(CO)cc1. The van der Waals surface area contributed by atoms with Gasteiger partial charge >= 0.3 is 6.03 Å². The zero-order chi connectivity index (χ0) is 28.8. The molecule has 2 aromatic carbocycles. The van der Waals surface area contributed by atoms with Crippen molar-refractivity contribution in [1.29, 1.82) is 0 Å². The van der Waals surface area contributed by atoms with E-state index in [-0.39, 0.29) is 42.4 Å². The molecule has 8 heteroatoms. The van der Waals surface area contributed by atoms with Gasteiger partial charge in [-0.25, -0.2) is 4.79 Å². The summed E-state index contributed by atoms with van der Waals surface area (Å²) in [5, 5.41) is 26.1. The second kappa shape index (κ2) is 11.5. The molecule has 42 heavy (non-hydrogen) atoms. The number of anilines is 1. The van der Waals surface area contributed by atoms with Crippen molar-refractivity contribution < 1.29 is 24.5 Å². The van der Waals surface area contributed by atoms with Crippen LogP contribution in [0.25, 0.3) is 0 Å². The highest BCUT2D eigenvalue weighted by Crippen LogP contribution is 2.55. The molecule has 8 nitrogen and oxygen atoms in total. The molecule has 5 unspecified atom stereocenters. The van der Waals surface area contributed by atoms with Gasteiger partial charge in [0.2, 0.25) is 0 Å². The Morgan fingerprint density at radius 1 is 0.952 bits per heavy atom. The van der Waals surface area contributed by atoms with Crippen LogP contribution in [0.15, 0.2) is 48.5 Å². The number of urea groups is 1. The third-order valence-corrected chi connectivity index (χ3v) is 10.7. The molecule has 4 aliphatic carbocycles. The molecule has 0 aromatic heterocycles. The summed E-state index contributed by atoms with van der Waals surface area (Å²) < 4.78 is 13.2. The maximum absolute atomic E-state index is 13.1. The Hall–Kier alpha value is -2.49. The van der Waals surface area contributed by atoms with E-state index in [4.69, 9.17) is 9.47 Å². The molecule has 0 radical (unpaired) electrons. The Labute approximate surface area is 248 Å². The zero-order valence-corrected chi connectivity index (χ0v) is 24.6. The molecule has 8 rings (SSSR count). The Morgan fingerprint density at radius 2 is 1.60 bits per heavy atom. The normalized spacial score (nSPS) is 37.6. The lowest BCUT2D eigenvalue weighted by atomic mass is 9.53. The number of nitrogens with zero attached hydrogens (tertiary/aromatic N) is 1. The minimum absolute atomic E-state index is 0.00789. The summed E-state index contributed by atoms with van der Waals surface area (Å²) in [7, 11) is 0. The molecule has 2 aromatic rings. The Morgan fingerprint density at radius 3 is 2.19 bits per heavy atom. The van der Waals surface area contributed by atoms with E-state index >= 15 is 0 Å². The number of carbonyl (C=O) groups excluding carboxylic acids is 1. The van der Waals surface area contributed by atoms with Crippen LogP contribution in [0, 0.1) is 23.7 Å². The fourth-order valence-electron chi connectivity index (χ4n) is 8.95. The van der Waals surface area contributed by atoms with Crippen LogP contribution in [0.3, 0.4) is 0 Å². The molecule has 0 spiro atoms. The van der Waals surface area contributed by atoms with Crippen molar-refractivity contribution in [3.05, 3.63) is 65.2 Å². The lowest BCUT2D eigenvalue weighted by Gasteiger charge is -2.56. The summed E-state index contributed by atoms with van der Waals surface area (Å²) in [4.78, 5) is 15.4. The molecule has 4 N–H and O–H groups in total. The summed E-state index contributed by atoms with van der Waals surface area (Å²) >= 11 is 0. The first-order chi connectivity index (χ1) is 20.3. The van der Waals surface area contributed by atoms with Crippen LogP contribution in [0.2, 0.25) is 0 Å². The highest BCUT2D eigenvalue weighted by Gasteiger charge is 2.51. The third-order valence-electron chi connectivity index (χ3n) is 10.7. The van der Waals surface area contributed by atoms with Crippen molar-refractivity contribution in [2.45, 2.75) is 88.6 Å². The number of β-amino-alcohol motifs (C(OH)–C–C–N with tert-alkyl or cyclic N) is 1. The fraction of sp³-hybridized carbons (Fsp3) is 0.618. The number of likely N-dealkylation sites (tertiary alicyclic amines) is 1. The molecule has 5 atom stereocenters. The minimum Gasteiger partial charge on any atom is -0.392 e. The molecular weight excluding hydrogens is 530 g/mol. The highest BCUT2D eigenvalue weighted by atomic mass is 16.7. The number of aliphatic hydroxyl groups excluding tert-OH is 2. The van der Waals surface area contributed by atoms with E-state index in [1.807, 2.05) is 48.5 Å². The van der Waals surface area contributed by atoms with Gasteiger partial charge in [-0.05, 0) is 86.0 Å². The van der Waals surface area contributed by atoms with Crippen LogP contribution < -0.4 is 10.6 Å². The number of ether oxygens (including phenoxy) is 2. The van der Waals surface area contributed by atoms with Gasteiger partial charge in [-0.1, -0.05) is 43.3 Å². The first kappa shape index (κ1) is 28.3. The molecule has 6 fully saturated rings. The first-order valence-electron chi connectivity index (χ1n) is 15.9. The van der Waals surface area contributed by atoms with E-state index in [0.29, 0.717) is 6.54 Å². The molecular formula is C34H45N3O5. The smallest absolute Gasteiger partial charge is 0.319 e. The lowest BCUT2D eigenvalue weighted by Crippen LogP contribution is -2.60. The molecule has 226 valence electrons.